The van der Waals surface area contributed by atoms with Crippen LogP contribution in [0.5, 0.6) is 0 Å². The van der Waals surface area contributed by atoms with Crippen LogP contribution in [0.2, 0.25) is 0 Å². The van der Waals surface area contributed by atoms with Crippen molar-refractivity contribution in [1.82, 2.24) is 4.57 Å². The zero-order chi connectivity index (χ0) is 57.2. The minimum Gasteiger partial charge on any atom is -0.458 e. The van der Waals surface area contributed by atoms with E-state index in [2.05, 4.69) is 98.3 Å². The minimum absolute atomic E-state index is 0.0266. The van der Waals surface area contributed by atoms with Crippen LogP contribution in [-0.4, -0.2) is 73.7 Å². The van der Waals surface area contributed by atoms with Crippen molar-refractivity contribution in [1.29, 1.82) is 0 Å². The number of Topliss-reactive ketones (excluding diaryl/α,β-unsaturated/α-hetero) is 1. The van der Waals surface area contributed by atoms with E-state index in [4.69, 9.17) is 14.6 Å². The first-order valence-electron chi connectivity index (χ1n) is 27.8. The molecule has 1 aromatic carbocycles. The van der Waals surface area contributed by atoms with Crippen molar-refractivity contribution in [3.63, 3.8) is 0 Å². The Morgan fingerprint density at radius 1 is 0.895 bits per heavy atom. The van der Waals surface area contributed by atoms with Gasteiger partial charge < -0.3 is 29.4 Å². The number of nitrogens with zero attached hydrogens (tertiary/aromatic N) is 1. The van der Waals surface area contributed by atoms with Gasteiger partial charge in [-0.15, -0.1) is 0 Å². The second-order valence-corrected chi connectivity index (χ2v) is 25.3. The summed E-state index contributed by atoms with van der Waals surface area (Å²) in [4.78, 5) is 47.1. The van der Waals surface area contributed by atoms with E-state index in [0.717, 1.165) is 70.7 Å². The van der Waals surface area contributed by atoms with Gasteiger partial charge in [0, 0.05) is 39.5 Å². The molecule has 2 fully saturated rings. The number of aliphatic hydroxyl groups is 3. The molecule has 10 atom stereocenters. The second kappa shape index (κ2) is 23.9. The number of aldehydes is 1. The molecule has 0 amide bonds. The van der Waals surface area contributed by atoms with Gasteiger partial charge in [-0.2, -0.15) is 0 Å². The monoisotopic (exact) mass is 1040 g/mol. The normalized spacial score (nSPS) is 30.0. The number of aliphatic hydroxyl groups excluding tert-OH is 3. The van der Waals surface area contributed by atoms with Gasteiger partial charge in [-0.25, -0.2) is 4.79 Å². The van der Waals surface area contributed by atoms with Crippen molar-refractivity contribution in [2.24, 2.45) is 46.3 Å². The Balaban J connectivity index is 0.000000387. The van der Waals surface area contributed by atoms with Crippen LogP contribution in [0.3, 0.4) is 0 Å². The zero-order valence-corrected chi connectivity index (χ0v) is 49.2. The molecule has 1 aromatic heterocycles. The van der Waals surface area contributed by atoms with Gasteiger partial charge in [0.15, 0.2) is 11.6 Å². The predicted molar refractivity (Wildman–Crippen MR) is 309 cm³/mol. The Hall–Kier alpha value is -5.00. The largest absolute Gasteiger partial charge is 0.458 e. The first kappa shape index (κ1) is 61.8. The molecule has 6 aliphatic rings. The van der Waals surface area contributed by atoms with Gasteiger partial charge in [-0.1, -0.05) is 124 Å². The van der Waals surface area contributed by atoms with E-state index >= 15 is 0 Å². The van der Waals surface area contributed by atoms with Crippen molar-refractivity contribution in [3.8, 4) is 0 Å². The number of carbonyl (C=O) groups excluding carboxylic acids is 4. The topological polar surface area (TPSA) is 152 Å². The van der Waals surface area contributed by atoms with Crippen LogP contribution < -0.4 is 0 Å². The lowest BCUT2D eigenvalue weighted by Gasteiger charge is -2.64. The van der Waals surface area contributed by atoms with Gasteiger partial charge in [0.1, 0.15) is 18.9 Å². The molecule has 2 aromatic rings. The van der Waals surface area contributed by atoms with E-state index < -0.39 is 40.8 Å². The maximum absolute atomic E-state index is 14.9. The van der Waals surface area contributed by atoms with E-state index in [9.17, 15) is 29.4 Å². The predicted octanol–water partition coefficient (Wildman–Crippen LogP) is 13.6. The SMILES string of the molecule is C=CCOC(=O)/C=C(C)/C=C/[C@]1(C)[C@@H](O)CC[C@@]2(C)[C@H]1CCC1Cc3c(n4c5c(c6c(cc35)C3=CC(C)(C)OC(C)(C)C3[C@@H]6O)C(=O)C4C(=C)C)[C@@]12C.CC(=O)/C=C/C(C)C.CC(C)/C=C/C(C)O.CC(C)/C=C/C=O. The fraction of sp³-hybridized carbons (Fsp3) is 0.576. The number of hydrogen-bond acceptors (Lipinski definition) is 9. The molecule has 0 radical (unpaired) electrons. The molecule has 8 rings (SSSR count). The lowest BCUT2D eigenvalue weighted by Crippen LogP contribution is -2.62. The number of benzene rings is 1. The number of allylic oxidation sites excluding steroid dienone is 8. The van der Waals surface area contributed by atoms with Gasteiger partial charge in [0.2, 0.25) is 0 Å². The molecule has 3 heterocycles. The lowest BCUT2D eigenvalue weighted by molar-refractivity contribution is -0.144. The molecular formula is C66H93NO9. The maximum Gasteiger partial charge on any atom is 0.331 e. The molecule has 3 N–H and O–H groups in total. The van der Waals surface area contributed by atoms with Crippen LogP contribution in [0.25, 0.3) is 16.5 Å². The summed E-state index contributed by atoms with van der Waals surface area (Å²) in [7, 11) is 0. The molecule has 10 nitrogen and oxygen atoms in total. The molecule has 2 saturated carbocycles. The number of hydrogen-bond donors (Lipinski definition) is 3. The fourth-order valence-corrected chi connectivity index (χ4v) is 13.8. The van der Waals surface area contributed by atoms with Crippen molar-refractivity contribution in [3.05, 3.63) is 125 Å². The van der Waals surface area contributed by atoms with E-state index in [1.54, 1.807) is 32.1 Å². The number of ketones is 2. The Morgan fingerprint density at radius 2 is 1.53 bits per heavy atom. The van der Waals surface area contributed by atoms with E-state index in [0.29, 0.717) is 35.7 Å². The lowest BCUT2D eigenvalue weighted by atomic mass is 9.40. The first-order valence-corrected chi connectivity index (χ1v) is 27.8. The highest BCUT2D eigenvalue weighted by molar-refractivity contribution is 6.18. The molecule has 0 saturated heterocycles. The average Bonchev–Trinajstić information content (AvgIpc) is 3.99. The maximum atomic E-state index is 14.9. The summed E-state index contributed by atoms with van der Waals surface area (Å²) in [6.07, 6.45) is 23.5. The summed E-state index contributed by atoms with van der Waals surface area (Å²) in [5.74, 6) is 1.51. The van der Waals surface area contributed by atoms with Crippen molar-refractivity contribution < 1.29 is 44.0 Å². The smallest absolute Gasteiger partial charge is 0.331 e. The molecule has 4 unspecified atom stereocenters. The van der Waals surface area contributed by atoms with E-state index in [-0.39, 0.29) is 46.9 Å². The third kappa shape index (κ3) is 12.2. The zero-order valence-electron chi connectivity index (χ0n) is 49.2. The summed E-state index contributed by atoms with van der Waals surface area (Å²) in [6.45, 7) is 43.0. The number of rotatable bonds is 12. The highest BCUT2D eigenvalue weighted by Crippen LogP contribution is 2.71. The number of esters is 1. The molecule has 4 aliphatic carbocycles. The molecule has 10 heteroatoms. The first-order chi connectivity index (χ1) is 35.3. The molecule has 0 spiro atoms. The number of fused-ring (bicyclic) bond motifs is 11. The molecule has 416 valence electrons. The Kier molecular flexibility index (Phi) is 19.5. The van der Waals surface area contributed by atoms with Crippen LogP contribution in [0.1, 0.15) is 188 Å². The molecule has 2 aliphatic heterocycles. The van der Waals surface area contributed by atoms with E-state index in [1.807, 2.05) is 65.8 Å². The summed E-state index contributed by atoms with van der Waals surface area (Å²) in [6, 6.07) is 1.76. The van der Waals surface area contributed by atoms with Crippen LogP contribution in [-0.2, 0) is 35.7 Å². The van der Waals surface area contributed by atoms with Crippen molar-refractivity contribution in [2.45, 2.75) is 191 Å². The highest BCUT2D eigenvalue weighted by atomic mass is 16.5. The van der Waals surface area contributed by atoms with Gasteiger partial charge in [-0.05, 0) is 169 Å². The molecule has 0 bridgehead atoms. The Bertz CT molecular complexity index is 2720. The van der Waals surface area contributed by atoms with Gasteiger partial charge >= 0.3 is 5.97 Å². The van der Waals surface area contributed by atoms with E-state index in [1.165, 1.54) is 23.4 Å². The highest BCUT2D eigenvalue weighted by Gasteiger charge is 2.68. The van der Waals surface area contributed by atoms with Crippen LogP contribution in [0.15, 0.2) is 97.2 Å². The summed E-state index contributed by atoms with van der Waals surface area (Å²) < 4.78 is 14.1. The Morgan fingerprint density at radius 3 is 2.04 bits per heavy atom. The van der Waals surface area contributed by atoms with Crippen LogP contribution in [0, 0.1) is 46.3 Å². The number of ether oxygens (including phenoxy) is 2. The summed E-state index contributed by atoms with van der Waals surface area (Å²) in [5, 5.41) is 33.8. The van der Waals surface area contributed by atoms with Crippen LogP contribution in [0.4, 0.5) is 0 Å². The average molecular weight is 1040 g/mol. The number of aromatic nitrogens is 1. The molecular weight excluding hydrogens is 951 g/mol. The summed E-state index contributed by atoms with van der Waals surface area (Å²) in [5.41, 5.74) is 6.42. The van der Waals surface area contributed by atoms with Gasteiger partial charge in [0.25, 0.3) is 0 Å². The number of carbonyl (C=O) groups is 4. The Labute approximate surface area is 455 Å². The van der Waals surface area contributed by atoms with Crippen molar-refractivity contribution >= 4 is 40.3 Å². The van der Waals surface area contributed by atoms with Crippen LogP contribution >= 0.6 is 0 Å². The minimum atomic E-state index is -0.860. The second-order valence-electron chi connectivity index (χ2n) is 25.3. The van der Waals surface area contributed by atoms with Gasteiger partial charge in [0.05, 0.1) is 40.6 Å². The third-order valence-corrected chi connectivity index (χ3v) is 17.1. The standard InChI is InChI=1S/C46H57NO6.C7H14O.C7H12O.C6H10O/c1-12-19-52-33(49)20-25(4)15-17-44(9)31-14-13-26-21-29-28-22-27-30-23-42(5,6)53-43(7,8)36(30)39(50)34(27)35-38(28)47(37(24(2)3)40(35)51)41(29)46(26,11)45(31,10)18-16-32(44)48;2*1-6(2)4-5-7(3)8;1-6(2)4-3-5-7/h12,15,17,20,22-23,26,31-32,36-37,39,48,50H,1-2,13-14,16,18-19,21H2,3-11H3;4-8H,1-3H3;4-6H,1-3H3;3-6H,1-2H3/b17-15+,25-20+;2*5-4+;4-3+/t26?,31-,32-,36?,37?,39+,44-,45-,46+;;;/m0.../s1. The van der Waals surface area contributed by atoms with Gasteiger partial charge in [-0.3, -0.25) is 14.4 Å². The summed E-state index contributed by atoms with van der Waals surface area (Å²) >= 11 is 0. The fourth-order valence-electron chi connectivity index (χ4n) is 13.8. The van der Waals surface area contributed by atoms with Crippen molar-refractivity contribution in [2.75, 3.05) is 6.61 Å². The third-order valence-electron chi connectivity index (χ3n) is 17.1. The quantitative estimate of drug-likeness (QED) is 0.0620. The molecule has 76 heavy (non-hydrogen) atoms.